The van der Waals surface area contributed by atoms with Gasteiger partial charge < -0.3 is 19.7 Å². The smallest absolute Gasteiger partial charge is 0.352 e. The van der Waals surface area contributed by atoms with E-state index in [1.54, 1.807) is 0 Å². The highest BCUT2D eigenvalue weighted by Gasteiger charge is 2.23. The Morgan fingerprint density at radius 1 is 1.30 bits per heavy atom. The number of halogens is 2. The number of rotatable bonds is 2. The average molecular weight is 322 g/mol. The Balaban J connectivity index is 1.93. The molecule has 1 atom stereocenters. The van der Waals surface area contributed by atoms with Crippen molar-refractivity contribution in [2.75, 3.05) is 18.5 Å². The molecule has 23 heavy (non-hydrogen) atoms. The number of ether oxygens (including phenoxy) is 1. The summed E-state index contributed by atoms with van der Waals surface area (Å²) >= 11 is 0. The Bertz CT molecular complexity index is 802. The van der Waals surface area contributed by atoms with E-state index >= 15 is 0 Å². The molecule has 1 aromatic heterocycles. The highest BCUT2D eigenvalue weighted by molar-refractivity contribution is 5.85. The van der Waals surface area contributed by atoms with Gasteiger partial charge in [-0.1, -0.05) is 0 Å². The summed E-state index contributed by atoms with van der Waals surface area (Å²) in [5.41, 5.74) is -0.325. The van der Waals surface area contributed by atoms with Crippen LogP contribution in [0.25, 0.3) is 0 Å². The van der Waals surface area contributed by atoms with Gasteiger partial charge in [0.05, 0.1) is 11.7 Å². The van der Waals surface area contributed by atoms with Crippen molar-refractivity contribution in [1.82, 2.24) is 4.57 Å². The lowest BCUT2D eigenvalue weighted by molar-refractivity contribution is 0.0679. The molecule has 1 aliphatic heterocycles. The van der Waals surface area contributed by atoms with Crippen LogP contribution in [0.15, 0.2) is 35.3 Å². The van der Waals surface area contributed by atoms with Crippen LogP contribution in [0.5, 0.6) is 5.75 Å². The molecule has 0 fully saturated rings. The Kier molecular flexibility index (Phi) is 3.73. The Labute approximate surface area is 128 Å². The quantitative estimate of drug-likeness (QED) is 0.882. The summed E-state index contributed by atoms with van der Waals surface area (Å²) in [6.07, 6.45) is 1.36. The van der Waals surface area contributed by atoms with Gasteiger partial charge >= 0.3 is 5.97 Å². The second kappa shape index (κ2) is 5.71. The number of benzene rings is 1. The zero-order chi connectivity index (χ0) is 16.6. The van der Waals surface area contributed by atoms with Crippen molar-refractivity contribution < 1.29 is 23.4 Å². The molecule has 8 heteroatoms. The van der Waals surface area contributed by atoms with Gasteiger partial charge in [-0.3, -0.25) is 4.79 Å². The summed E-state index contributed by atoms with van der Waals surface area (Å²) in [5.74, 6) is -3.14. The van der Waals surface area contributed by atoms with Gasteiger partial charge in [-0.15, -0.1) is 0 Å². The van der Waals surface area contributed by atoms with E-state index in [2.05, 4.69) is 5.32 Å². The van der Waals surface area contributed by atoms with Crippen LogP contribution < -0.4 is 15.5 Å². The Morgan fingerprint density at radius 3 is 2.78 bits per heavy atom. The molecule has 1 aromatic carbocycles. The Hall–Kier alpha value is -2.90. The summed E-state index contributed by atoms with van der Waals surface area (Å²) in [7, 11) is 0. The molecule has 2 aromatic rings. The molecular weight excluding hydrogens is 310 g/mol. The van der Waals surface area contributed by atoms with Crippen LogP contribution in [0.3, 0.4) is 0 Å². The molecule has 0 radical (unpaired) electrons. The van der Waals surface area contributed by atoms with E-state index in [1.807, 2.05) is 0 Å². The number of hydrogen-bond acceptors (Lipinski definition) is 4. The predicted molar refractivity (Wildman–Crippen MR) is 77.0 cm³/mol. The van der Waals surface area contributed by atoms with E-state index < -0.39 is 29.1 Å². The Morgan fingerprint density at radius 2 is 2.04 bits per heavy atom. The van der Waals surface area contributed by atoms with Gasteiger partial charge in [0.1, 0.15) is 18.1 Å². The van der Waals surface area contributed by atoms with E-state index in [0.29, 0.717) is 0 Å². The molecule has 0 saturated carbocycles. The van der Waals surface area contributed by atoms with Crippen LogP contribution in [0, 0.1) is 11.6 Å². The van der Waals surface area contributed by atoms with Crippen molar-refractivity contribution in [2.24, 2.45) is 0 Å². The van der Waals surface area contributed by atoms with Crippen LogP contribution in [0.1, 0.15) is 16.5 Å². The summed E-state index contributed by atoms with van der Waals surface area (Å²) in [6.45, 7) is 0.259. The van der Waals surface area contributed by atoms with Gasteiger partial charge in [-0.2, -0.15) is 0 Å². The van der Waals surface area contributed by atoms with Crippen molar-refractivity contribution in [3.05, 3.63) is 58.0 Å². The van der Waals surface area contributed by atoms with Gasteiger partial charge in [0, 0.05) is 37.0 Å². The molecule has 1 unspecified atom stereocenters. The van der Waals surface area contributed by atoms with E-state index in [0.717, 1.165) is 18.2 Å². The minimum absolute atomic E-state index is 0.0359. The highest BCUT2D eigenvalue weighted by Crippen LogP contribution is 2.31. The summed E-state index contributed by atoms with van der Waals surface area (Å²) < 4.78 is 33.4. The SMILES string of the molecule is O=C(O)c1cc(=O)ccn1C1CNc2cc(F)c(F)cc2OC1. The summed E-state index contributed by atoms with van der Waals surface area (Å²) in [4.78, 5) is 22.6. The molecule has 120 valence electrons. The first-order valence-electron chi connectivity index (χ1n) is 6.77. The molecule has 0 bridgehead atoms. The topological polar surface area (TPSA) is 80.6 Å². The maximum Gasteiger partial charge on any atom is 0.352 e. The van der Waals surface area contributed by atoms with Crippen molar-refractivity contribution in [3.8, 4) is 5.75 Å². The number of aromatic carboxylic acids is 1. The van der Waals surface area contributed by atoms with Gasteiger partial charge in [0.2, 0.25) is 0 Å². The third kappa shape index (κ3) is 2.87. The zero-order valence-corrected chi connectivity index (χ0v) is 11.8. The van der Waals surface area contributed by atoms with E-state index in [4.69, 9.17) is 4.74 Å². The minimum atomic E-state index is -1.25. The second-order valence-electron chi connectivity index (χ2n) is 5.07. The summed E-state index contributed by atoms with van der Waals surface area (Å²) in [6, 6.07) is 3.70. The number of carbonyl (C=O) groups is 1. The number of fused-ring (bicyclic) bond motifs is 1. The fourth-order valence-electron chi connectivity index (χ4n) is 2.42. The number of hydrogen-bond donors (Lipinski definition) is 2. The number of carboxylic acids is 1. The fraction of sp³-hybridized carbons (Fsp3) is 0.200. The third-order valence-electron chi connectivity index (χ3n) is 3.55. The molecule has 2 N–H and O–H groups in total. The lowest BCUT2D eigenvalue weighted by Crippen LogP contribution is -2.27. The molecule has 0 aliphatic carbocycles. The first kappa shape index (κ1) is 15.0. The van der Waals surface area contributed by atoms with E-state index in [1.165, 1.54) is 16.8 Å². The lowest BCUT2D eigenvalue weighted by atomic mass is 10.2. The van der Waals surface area contributed by atoms with E-state index in [9.17, 15) is 23.5 Å². The normalized spacial score (nSPS) is 16.7. The maximum atomic E-state index is 13.3. The minimum Gasteiger partial charge on any atom is -0.489 e. The molecule has 3 rings (SSSR count). The van der Waals surface area contributed by atoms with Crippen LogP contribution in [-0.4, -0.2) is 28.8 Å². The van der Waals surface area contributed by atoms with Gasteiger partial charge in [0.15, 0.2) is 17.1 Å². The molecule has 0 amide bonds. The van der Waals surface area contributed by atoms with Gasteiger partial charge in [0.25, 0.3) is 0 Å². The third-order valence-corrected chi connectivity index (χ3v) is 3.55. The highest BCUT2D eigenvalue weighted by atomic mass is 19.2. The van der Waals surface area contributed by atoms with Crippen molar-refractivity contribution in [3.63, 3.8) is 0 Å². The van der Waals surface area contributed by atoms with Crippen LogP contribution in [0.2, 0.25) is 0 Å². The van der Waals surface area contributed by atoms with Crippen molar-refractivity contribution >= 4 is 11.7 Å². The largest absolute Gasteiger partial charge is 0.489 e. The van der Waals surface area contributed by atoms with Crippen molar-refractivity contribution in [2.45, 2.75) is 6.04 Å². The molecule has 1 aliphatic rings. The molecule has 6 nitrogen and oxygen atoms in total. The number of anilines is 1. The van der Waals surface area contributed by atoms with Crippen molar-refractivity contribution in [1.29, 1.82) is 0 Å². The average Bonchev–Trinajstić information content (AvgIpc) is 2.70. The molecule has 0 spiro atoms. The van der Waals surface area contributed by atoms with Gasteiger partial charge in [-0.05, 0) is 0 Å². The van der Waals surface area contributed by atoms with Crippen LogP contribution in [0.4, 0.5) is 14.5 Å². The predicted octanol–water partition coefficient (Wildman–Crippen LogP) is 1.87. The fourth-order valence-corrected chi connectivity index (χ4v) is 2.42. The monoisotopic (exact) mass is 322 g/mol. The molecule has 0 saturated heterocycles. The maximum absolute atomic E-state index is 13.3. The van der Waals surface area contributed by atoms with Crippen LogP contribution in [-0.2, 0) is 0 Å². The lowest BCUT2D eigenvalue weighted by Gasteiger charge is -2.20. The number of aromatic nitrogens is 1. The number of pyridine rings is 1. The first-order chi connectivity index (χ1) is 11.0. The standard InChI is InChI=1S/C15H12F2N2O4/c16-10-4-12-14(5-11(10)17)23-7-8(6-18-12)19-2-1-9(20)3-13(19)15(21)22/h1-5,8,18H,6-7H2,(H,21,22). The zero-order valence-electron chi connectivity index (χ0n) is 11.8. The summed E-state index contributed by atoms with van der Waals surface area (Å²) in [5, 5.41) is 12.1. The van der Waals surface area contributed by atoms with Gasteiger partial charge in [-0.25, -0.2) is 13.6 Å². The van der Waals surface area contributed by atoms with Crippen LogP contribution >= 0.6 is 0 Å². The number of nitrogens with zero attached hydrogens (tertiary/aromatic N) is 1. The molecule has 2 heterocycles. The number of carboxylic acid groups (broad SMARTS) is 1. The molecular formula is C15H12F2N2O4. The van der Waals surface area contributed by atoms with E-state index in [-0.39, 0.29) is 30.3 Å². The number of nitrogens with one attached hydrogen (secondary N) is 1. The first-order valence-corrected chi connectivity index (χ1v) is 6.77. The second-order valence-corrected chi connectivity index (χ2v) is 5.07.